The topological polar surface area (TPSA) is 99.7 Å². The van der Waals surface area contributed by atoms with E-state index in [9.17, 15) is 0 Å². The molecule has 0 unspecified atom stereocenters. The number of rotatable bonds is 7. The van der Waals surface area contributed by atoms with Gasteiger partial charge in [0, 0.05) is 41.1 Å². The van der Waals surface area contributed by atoms with E-state index in [1.807, 2.05) is 19.9 Å². The van der Waals surface area contributed by atoms with E-state index in [1.165, 1.54) is 6.08 Å². The Morgan fingerprint density at radius 1 is 1.24 bits per heavy atom. The normalized spacial score (nSPS) is 11.3. The van der Waals surface area contributed by atoms with Crippen LogP contribution in [0.2, 0.25) is 10.0 Å². The van der Waals surface area contributed by atoms with Crippen molar-refractivity contribution in [3.05, 3.63) is 51.4 Å². The summed E-state index contributed by atoms with van der Waals surface area (Å²) in [5.74, 6) is 1.73. The number of nitrogens with two attached hydrogens (primary N) is 1. The van der Waals surface area contributed by atoms with Gasteiger partial charge in [0.15, 0.2) is 5.82 Å². The second-order valence-corrected chi connectivity index (χ2v) is 6.22. The summed E-state index contributed by atoms with van der Waals surface area (Å²) in [5, 5.41) is 14.3. The zero-order valence-corrected chi connectivity index (χ0v) is 15.5. The maximum Gasteiger partial charge on any atom is 0.163 e. The fraction of sp³-hybridized carbons (Fsp3) is 0.235. The lowest BCUT2D eigenvalue weighted by Gasteiger charge is -2.14. The molecule has 1 heterocycles. The summed E-state index contributed by atoms with van der Waals surface area (Å²) in [4.78, 5) is 9.11. The summed E-state index contributed by atoms with van der Waals surface area (Å²) in [7, 11) is 0. The highest BCUT2D eigenvalue weighted by molar-refractivity contribution is 6.36. The number of nitrogens with zero attached hydrogens (tertiary/aromatic N) is 2. The smallest absolute Gasteiger partial charge is 0.163 e. The molecule has 0 saturated carbocycles. The highest BCUT2D eigenvalue weighted by atomic mass is 35.5. The summed E-state index contributed by atoms with van der Waals surface area (Å²) >= 11 is 12.2. The van der Waals surface area contributed by atoms with Crippen LogP contribution >= 0.6 is 23.2 Å². The molecular weight excluding hydrogens is 359 g/mol. The first-order valence-corrected chi connectivity index (χ1v) is 8.42. The summed E-state index contributed by atoms with van der Waals surface area (Å²) in [6, 6.07) is 5.24. The predicted molar refractivity (Wildman–Crippen MR) is 105 cm³/mol. The van der Waals surface area contributed by atoms with Crippen molar-refractivity contribution in [2.24, 2.45) is 5.73 Å². The van der Waals surface area contributed by atoms with E-state index in [-0.39, 0.29) is 0 Å². The second kappa shape index (κ2) is 8.69. The monoisotopic (exact) mass is 378 g/mol. The highest BCUT2D eigenvalue weighted by Crippen LogP contribution is 2.29. The van der Waals surface area contributed by atoms with Crippen molar-refractivity contribution >= 4 is 35.2 Å². The van der Waals surface area contributed by atoms with Gasteiger partial charge in [0.1, 0.15) is 5.82 Å². The summed E-state index contributed by atoms with van der Waals surface area (Å²) in [6.07, 6.45) is 2.62. The Balaban J connectivity index is 2.17. The van der Waals surface area contributed by atoms with Crippen LogP contribution in [0.15, 0.2) is 30.1 Å². The van der Waals surface area contributed by atoms with Crippen molar-refractivity contribution in [2.45, 2.75) is 13.8 Å². The molecule has 5 N–H and O–H groups in total. The van der Waals surface area contributed by atoms with E-state index in [1.54, 1.807) is 12.1 Å². The minimum Gasteiger partial charge on any atom is -0.385 e. The molecule has 0 amide bonds. The van der Waals surface area contributed by atoms with Crippen LogP contribution < -0.4 is 16.4 Å². The van der Waals surface area contributed by atoms with Crippen molar-refractivity contribution in [2.75, 3.05) is 18.4 Å². The minimum atomic E-state index is 0.445. The highest BCUT2D eigenvalue weighted by Gasteiger charge is 2.12. The fourth-order valence-corrected chi connectivity index (χ4v) is 2.62. The van der Waals surface area contributed by atoms with Gasteiger partial charge in [-0.1, -0.05) is 23.2 Å². The maximum atomic E-state index is 6.96. The summed E-state index contributed by atoms with van der Waals surface area (Å²) in [5.41, 5.74) is 8.24. The molecule has 2 rings (SSSR count). The van der Waals surface area contributed by atoms with E-state index in [0.717, 1.165) is 28.9 Å². The Hall–Kier alpha value is -2.31. The van der Waals surface area contributed by atoms with Crippen molar-refractivity contribution in [1.29, 1.82) is 5.41 Å². The Morgan fingerprint density at radius 2 is 2.00 bits per heavy atom. The van der Waals surface area contributed by atoms with Gasteiger partial charge in [-0.3, -0.25) is 0 Å². The van der Waals surface area contributed by atoms with Crippen LogP contribution in [0, 0.1) is 19.3 Å². The maximum absolute atomic E-state index is 6.96. The number of hydrogen-bond donors (Lipinski definition) is 4. The van der Waals surface area contributed by atoms with Crippen molar-refractivity contribution in [3.63, 3.8) is 0 Å². The third-order valence-corrected chi connectivity index (χ3v) is 4.12. The average Bonchev–Trinajstić information content (AvgIpc) is 2.55. The van der Waals surface area contributed by atoms with Gasteiger partial charge in [0.25, 0.3) is 0 Å². The van der Waals surface area contributed by atoms with E-state index in [0.29, 0.717) is 34.8 Å². The first-order valence-electron chi connectivity index (χ1n) is 7.67. The third-order valence-electron chi connectivity index (χ3n) is 3.57. The van der Waals surface area contributed by atoms with Gasteiger partial charge in [-0.05, 0) is 38.1 Å². The molecule has 0 aliphatic rings. The Bertz CT molecular complexity index is 804. The molecule has 25 heavy (non-hydrogen) atoms. The molecule has 0 atom stereocenters. The lowest BCUT2D eigenvalue weighted by molar-refractivity contribution is 0.805. The molecule has 0 spiro atoms. The lowest BCUT2D eigenvalue weighted by Crippen LogP contribution is -2.26. The van der Waals surface area contributed by atoms with Gasteiger partial charge in [0.05, 0.1) is 10.8 Å². The van der Waals surface area contributed by atoms with Crippen LogP contribution in [0.3, 0.4) is 0 Å². The molecule has 0 fully saturated rings. The number of anilines is 1. The van der Waals surface area contributed by atoms with Gasteiger partial charge in [-0.25, -0.2) is 9.97 Å². The Morgan fingerprint density at radius 3 is 2.68 bits per heavy atom. The third kappa shape index (κ3) is 5.08. The zero-order chi connectivity index (χ0) is 18.4. The summed E-state index contributed by atoms with van der Waals surface area (Å²) in [6.45, 7) is 5.09. The number of nitrogens with one attached hydrogen (secondary N) is 3. The van der Waals surface area contributed by atoms with E-state index < -0.39 is 0 Å². The van der Waals surface area contributed by atoms with Gasteiger partial charge in [-0.2, -0.15) is 0 Å². The minimum absolute atomic E-state index is 0.445. The Labute approximate surface area is 157 Å². The quantitative estimate of drug-likeness (QED) is 0.436. The van der Waals surface area contributed by atoms with Crippen LogP contribution in [0.1, 0.15) is 11.3 Å². The zero-order valence-electron chi connectivity index (χ0n) is 14.0. The number of allylic oxidation sites excluding steroid dienone is 1. The largest absolute Gasteiger partial charge is 0.385 e. The number of benzene rings is 1. The fourth-order valence-electron chi connectivity index (χ4n) is 2.13. The van der Waals surface area contributed by atoms with Crippen molar-refractivity contribution < 1.29 is 0 Å². The van der Waals surface area contributed by atoms with Gasteiger partial charge < -0.3 is 21.8 Å². The predicted octanol–water partition coefficient (Wildman–Crippen LogP) is 3.52. The van der Waals surface area contributed by atoms with E-state index in [4.69, 9.17) is 34.3 Å². The molecule has 1 aromatic carbocycles. The number of aryl methyl sites for hydroxylation is 1. The van der Waals surface area contributed by atoms with Crippen LogP contribution in [-0.4, -0.2) is 29.3 Å². The number of halogens is 2. The van der Waals surface area contributed by atoms with Crippen LogP contribution in [0.4, 0.5) is 5.82 Å². The van der Waals surface area contributed by atoms with Crippen LogP contribution in [0.25, 0.3) is 11.4 Å². The SMILES string of the molecule is Cc1nc(-c2ccc(Cl)cc2Cl)nc(NCCN/C(N)=C/C=N)c1C. The van der Waals surface area contributed by atoms with Gasteiger partial charge in [0.2, 0.25) is 0 Å². The van der Waals surface area contributed by atoms with Crippen LogP contribution in [0.5, 0.6) is 0 Å². The Kier molecular flexibility index (Phi) is 6.61. The molecule has 0 radical (unpaired) electrons. The number of hydrogen-bond acceptors (Lipinski definition) is 6. The molecular formula is C17H20Cl2N6. The van der Waals surface area contributed by atoms with Gasteiger partial charge >= 0.3 is 0 Å². The standard InChI is InChI=1S/C17H20Cl2N6/c1-10-11(2)24-17(13-4-3-12(18)9-14(13)19)25-16(10)23-8-7-22-15(21)5-6-20/h3-6,9,20,22H,7-8,21H2,1-2H3,(H,23,24,25)/b15-5+,20-6?. The first kappa shape index (κ1) is 19.0. The van der Waals surface area contributed by atoms with Crippen LogP contribution in [-0.2, 0) is 0 Å². The number of aromatic nitrogens is 2. The first-order chi connectivity index (χ1) is 11.9. The molecule has 8 heteroatoms. The molecule has 132 valence electrons. The molecule has 0 bridgehead atoms. The molecule has 0 aliphatic carbocycles. The van der Waals surface area contributed by atoms with E-state index >= 15 is 0 Å². The molecule has 6 nitrogen and oxygen atoms in total. The lowest BCUT2D eigenvalue weighted by atomic mass is 10.2. The van der Waals surface area contributed by atoms with E-state index in [2.05, 4.69) is 20.6 Å². The van der Waals surface area contributed by atoms with Crippen molar-refractivity contribution in [1.82, 2.24) is 15.3 Å². The molecule has 0 saturated heterocycles. The molecule has 1 aromatic heterocycles. The molecule has 2 aromatic rings. The summed E-state index contributed by atoms with van der Waals surface area (Å²) < 4.78 is 0. The molecule has 0 aliphatic heterocycles. The van der Waals surface area contributed by atoms with Gasteiger partial charge in [-0.15, -0.1) is 0 Å². The average molecular weight is 379 g/mol. The second-order valence-electron chi connectivity index (χ2n) is 5.37. The van der Waals surface area contributed by atoms with Crippen molar-refractivity contribution in [3.8, 4) is 11.4 Å².